The summed E-state index contributed by atoms with van der Waals surface area (Å²) in [5.74, 6) is -0.294. The minimum atomic E-state index is -3.87. The number of aryl methyl sites for hydroxylation is 2. The summed E-state index contributed by atoms with van der Waals surface area (Å²) in [5, 5.41) is 2.91. The van der Waals surface area contributed by atoms with Crippen LogP contribution in [0.2, 0.25) is 0 Å². The Balaban J connectivity index is 1.65. The number of nitrogens with zero attached hydrogens (tertiary/aromatic N) is 2. The Labute approximate surface area is 192 Å². The van der Waals surface area contributed by atoms with Crippen LogP contribution in [0.1, 0.15) is 43.2 Å². The fraction of sp³-hybridized carbons (Fsp3) is 0.480. The zero-order valence-corrected chi connectivity index (χ0v) is 20.0. The zero-order chi connectivity index (χ0) is 23.0. The van der Waals surface area contributed by atoms with E-state index in [1.54, 1.807) is 36.4 Å². The number of amides is 1. The molecular formula is C25H35N3O3S. The van der Waals surface area contributed by atoms with Crippen molar-refractivity contribution in [1.82, 2.24) is 10.2 Å². The van der Waals surface area contributed by atoms with Gasteiger partial charge in [0.1, 0.15) is 6.54 Å². The van der Waals surface area contributed by atoms with Gasteiger partial charge in [0, 0.05) is 6.54 Å². The van der Waals surface area contributed by atoms with E-state index < -0.39 is 10.0 Å². The third-order valence-electron chi connectivity index (χ3n) is 5.89. The van der Waals surface area contributed by atoms with E-state index in [9.17, 15) is 13.2 Å². The van der Waals surface area contributed by atoms with Crippen LogP contribution in [0.3, 0.4) is 0 Å². The number of likely N-dealkylation sites (tertiary alicyclic amines) is 1. The average Bonchev–Trinajstić information content (AvgIpc) is 3.05. The highest BCUT2D eigenvalue weighted by Gasteiger charge is 2.27. The molecule has 1 aliphatic heterocycles. The first kappa shape index (κ1) is 24.3. The molecule has 0 bridgehead atoms. The lowest BCUT2D eigenvalue weighted by Crippen LogP contribution is -2.41. The van der Waals surface area contributed by atoms with Gasteiger partial charge >= 0.3 is 0 Å². The first-order valence-corrected chi connectivity index (χ1v) is 13.0. The summed E-state index contributed by atoms with van der Waals surface area (Å²) >= 11 is 0. The maximum Gasteiger partial charge on any atom is 0.264 e. The van der Waals surface area contributed by atoms with Crippen molar-refractivity contribution >= 4 is 21.6 Å². The Morgan fingerprint density at radius 2 is 1.47 bits per heavy atom. The highest BCUT2D eigenvalue weighted by atomic mass is 32.2. The molecule has 1 heterocycles. The topological polar surface area (TPSA) is 69.7 Å². The number of hydrogen-bond donors (Lipinski definition) is 1. The predicted octanol–water partition coefficient (Wildman–Crippen LogP) is 3.88. The maximum absolute atomic E-state index is 13.4. The van der Waals surface area contributed by atoms with Gasteiger partial charge < -0.3 is 10.2 Å². The van der Waals surface area contributed by atoms with E-state index in [0.29, 0.717) is 12.2 Å². The average molecular weight is 458 g/mol. The highest BCUT2D eigenvalue weighted by molar-refractivity contribution is 7.92. The molecule has 0 aliphatic carbocycles. The van der Waals surface area contributed by atoms with Gasteiger partial charge in [-0.05, 0) is 77.0 Å². The lowest BCUT2D eigenvalue weighted by atomic mass is 10.2. The van der Waals surface area contributed by atoms with Crippen LogP contribution < -0.4 is 9.62 Å². The Morgan fingerprint density at radius 1 is 0.906 bits per heavy atom. The van der Waals surface area contributed by atoms with Gasteiger partial charge in [0.05, 0.1) is 10.6 Å². The van der Waals surface area contributed by atoms with E-state index in [2.05, 4.69) is 10.2 Å². The number of rotatable bonds is 9. The fourth-order valence-electron chi connectivity index (χ4n) is 3.94. The Hall–Kier alpha value is -2.38. The summed E-state index contributed by atoms with van der Waals surface area (Å²) in [6.07, 6.45) is 5.96. The van der Waals surface area contributed by atoms with Gasteiger partial charge in [-0.2, -0.15) is 0 Å². The van der Waals surface area contributed by atoms with Crippen molar-refractivity contribution in [1.29, 1.82) is 0 Å². The largest absolute Gasteiger partial charge is 0.354 e. The molecule has 32 heavy (non-hydrogen) atoms. The molecule has 0 atom stereocenters. The molecule has 6 nitrogen and oxygen atoms in total. The molecular weight excluding hydrogens is 422 g/mol. The quantitative estimate of drug-likeness (QED) is 0.580. The summed E-state index contributed by atoms with van der Waals surface area (Å²) in [7, 11) is -3.87. The minimum absolute atomic E-state index is 0.178. The molecule has 3 rings (SSSR count). The fourth-order valence-corrected chi connectivity index (χ4v) is 5.36. The predicted molar refractivity (Wildman–Crippen MR) is 129 cm³/mol. The van der Waals surface area contributed by atoms with Crippen molar-refractivity contribution in [2.45, 2.75) is 50.8 Å². The standard InChI is InChI=1S/C25H35N3O3S/c1-21-8-12-23(13-9-21)28(32(30,31)24-14-10-22(2)11-15-24)20-25(29)26-16-7-19-27-17-5-3-4-6-18-27/h8-15H,3-7,16-20H2,1-2H3,(H,26,29). The summed E-state index contributed by atoms with van der Waals surface area (Å²) < 4.78 is 27.9. The van der Waals surface area contributed by atoms with Crippen LogP contribution in [0.25, 0.3) is 0 Å². The summed E-state index contributed by atoms with van der Waals surface area (Å²) in [4.78, 5) is 15.3. The van der Waals surface area contributed by atoms with Crippen LogP contribution in [0.4, 0.5) is 5.69 Å². The molecule has 1 amide bonds. The molecule has 0 radical (unpaired) electrons. The molecule has 1 saturated heterocycles. The molecule has 174 valence electrons. The van der Waals surface area contributed by atoms with Gasteiger partial charge in [-0.1, -0.05) is 48.2 Å². The zero-order valence-electron chi connectivity index (χ0n) is 19.2. The number of hydrogen-bond acceptors (Lipinski definition) is 4. The van der Waals surface area contributed by atoms with Crippen molar-refractivity contribution in [3.05, 3.63) is 59.7 Å². The number of nitrogens with one attached hydrogen (secondary N) is 1. The van der Waals surface area contributed by atoms with Gasteiger partial charge in [-0.15, -0.1) is 0 Å². The van der Waals surface area contributed by atoms with Crippen molar-refractivity contribution < 1.29 is 13.2 Å². The summed E-state index contributed by atoms with van der Waals surface area (Å²) in [6, 6.07) is 13.9. The van der Waals surface area contributed by atoms with Crippen LogP contribution in [-0.4, -0.2) is 51.9 Å². The van der Waals surface area contributed by atoms with Gasteiger partial charge in [-0.3, -0.25) is 9.10 Å². The molecule has 0 unspecified atom stereocenters. The molecule has 0 saturated carbocycles. The first-order valence-electron chi connectivity index (χ1n) is 11.5. The van der Waals surface area contributed by atoms with E-state index in [1.807, 2.05) is 26.0 Å². The Bertz CT molecular complexity index is 964. The SMILES string of the molecule is Cc1ccc(N(CC(=O)NCCCN2CCCCCC2)S(=O)(=O)c2ccc(C)cc2)cc1. The maximum atomic E-state index is 13.4. The monoisotopic (exact) mass is 457 g/mol. The number of anilines is 1. The third kappa shape index (κ3) is 6.81. The van der Waals surface area contributed by atoms with Gasteiger partial charge in [-0.25, -0.2) is 8.42 Å². The van der Waals surface area contributed by atoms with Gasteiger partial charge in [0.15, 0.2) is 0 Å². The van der Waals surface area contributed by atoms with E-state index in [-0.39, 0.29) is 17.3 Å². The second-order valence-electron chi connectivity index (χ2n) is 8.62. The van der Waals surface area contributed by atoms with Gasteiger partial charge in [0.2, 0.25) is 5.91 Å². The van der Waals surface area contributed by atoms with Crippen LogP contribution in [-0.2, 0) is 14.8 Å². The summed E-state index contributed by atoms with van der Waals surface area (Å²) in [5.41, 5.74) is 2.49. The number of carbonyl (C=O) groups excluding carboxylic acids is 1. The third-order valence-corrected chi connectivity index (χ3v) is 7.68. The first-order chi connectivity index (χ1) is 15.4. The van der Waals surface area contributed by atoms with Crippen LogP contribution in [0.5, 0.6) is 0 Å². The Kier molecular flexibility index (Phi) is 8.70. The van der Waals surface area contributed by atoms with Crippen molar-refractivity contribution in [2.75, 3.05) is 37.0 Å². The Morgan fingerprint density at radius 3 is 2.06 bits per heavy atom. The number of benzene rings is 2. The number of sulfonamides is 1. The van der Waals surface area contributed by atoms with Crippen LogP contribution >= 0.6 is 0 Å². The van der Waals surface area contributed by atoms with Crippen molar-refractivity contribution in [2.24, 2.45) is 0 Å². The van der Waals surface area contributed by atoms with E-state index >= 15 is 0 Å². The van der Waals surface area contributed by atoms with Crippen molar-refractivity contribution in [3.8, 4) is 0 Å². The highest BCUT2D eigenvalue weighted by Crippen LogP contribution is 2.24. The molecule has 0 aromatic heterocycles. The molecule has 1 fully saturated rings. The smallest absolute Gasteiger partial charge is 0.264 e. The molecule has 1 aliphatic rings. The normalized spacial score (nSPS) is 15.2. The molecule has 0 spiro atoms. The molecule has 1 N–H and O–H groups in total. The van der Waals surface area contributed by atoms with E-state index in [1.165, 1.54) is 30.0 Å². The van der Waals surface area contributed by atoms with Crippen LogP contribution in [0, 0.1) is 13.8 Å². The second kappa shape index (κ2) is 11.5. The lowest BCUT2D eigenvalue weighted by molar-refractivity contribution is -0.119. The molecule has 2 aromatic carbocycles. The van der Waals surface area contributed by atoms with Crippen molar-refractivity contribution in [3.63, 3.8) is 0 Å². The van der Waals surface area contributed by atoms with Crippen LogP contribution in [0.15, 0.2) is 53.4 Å². The minimum Gasteiger partial charge on any atom is -0.354 e. The molecule has 7 heteroatoms. The summed E-state index contributed by atoms with van der Waals surface area (Å²) in [6.45, 7) is 7.37. The van der Waals surface area contributed by atoms with E-state index in [0.717, 1.165) is 37.2 Å². The number of carbonyl (C=O) groups is 1. The lowest BCUT2D eigenvalue weighted by Gasteiger charge is -2.24. The second-order valence-corrected chi connectivity index (χ2v) is 10.5. The molecule has 2 aromatic rings. The van der Waals surface area contributed by atoms with Gasteiger partial charge in [0.25, 0.3) is 10.0 Å². The van der Waals surface area contributed by atoms with E-state index in [4.69, 9.17) is 0 Å².